The highest BCUT2D eigenvalue weighted by atomic mass is 35.5. The summed E-state index contributed by atoms with van der Waals surface area (Å²) in [6.07, 6.45) is 2.57. The second-order valence-electron chi connectivity index (χ2n) is 3.85. The number of hydrogen-bond acceptors (Lipinski definition) is 3. The molecule has 0 saturated carbocycles. The minimum absolute atomic E-state index is 0.151. The summed E-state index contributed by atoms with van der Waals surface area (Å²) in [5.74, 6) is 0. The molecular formula is C13H9Cl2N3O. The second kappa shape index (κ2) is 5.87. The molecule has 0 fully saturated rings. The molecule has 0 amide bonds. The highest BCUT2D eigenvalue weighted by Gasteiger charge is 2.07. The van der Waals surface area contributed by atoms with E-state index in [-0.39, 0.29) is 10.3 Å². The van der Waals surface area contributed by atoms with Crippen LogP contribution in [0.2, 0.25) is 10.3 Å². The average molecular weight is 294 g/mol. The Hall–Kier alpha value is -1.83. The van der Waals surface area contributed by atoms with Crippen molar-refractivity contribution in [2.75, 3.05) is 0 Å². The molecule has 0 atom stereocenters. The number of benzene rings is 1. The zero-order chi connectivity index (χ0) is 13.8. The van der Waals surface area contributed by atoms with Crippen molar-refractivity contribution >= 4 is 23.2 Å². The largest absolute Gasteiger partial charge is 0.292 e. The van der Waals surface area contributed by atoms with Gasteiger partial charge in [-0.25, -0.2) is 4.98 Å². The van der Waals surface area contributed by atoms with Crippen LogP contribution in [0.15, 0.2) is 35.3 Å². The van der Waals surface area contributed by atoms with Crippen molar-refractivity contribution in [3.8, 4) is 11.8 Å². The molecule has 96 valence electrons. The van der Waals surface area contributed by atoms with Crippen LogP contribution in [-0.2, 0) is 6.42 Å². The van der Waals surface area contributed by atoms with Gasteiger partial charge in [0.1, 0.15) is 5.15 Å². The first-order valence-corrected chi connectivity index (χ1v) is 6.28. The summed E-state index contributed by atoms with van der Waals surface area (Å²) in [5, 5.41) is 8.51. The maximum Gasteiger partial charge on any atom is 0.292 e. The van der Waals surface area contributed by atoms with E-state index in [1.807, 2.05) is 12.1 Å². The van der Waals surface area contributed by atoms with Crippen LogP contribution >= 0.6 is 23.2 Å². The Morgan fingerprint density at radius 3 is 2.58 bits per heavy atom. The maximum absolute atomic E-state index is 11.8. The van der Waals surface area contributed by atoms with Crippen LogP contribution in [0.5, 0.6) is 0 Å². The van der Waals surface area contributed by atoms with Crippen molar-refractivity contribution < 1.29 is 0 Å². The number of hydrogen-bond donors (Lipinski definition) is 0. The lowest BCUT2D eigenvalue weighted by atomic mass is 10.1. The zero-order valence-electron chi connectivity index (χ0n) is 9.81. The number of aryl methyl sites for hydroxylation is 1. The molecule has 0 radical (unpaired) electrons. The Morgan fingerprint density at radius 2 is 1.95 bits per heavy atom. The van der Waals surface area contributed by atoms with Gasteiger partial charge in [0.25, 0.3) is 5.56 Å². The lowest BCUT2D eigenvalue weighted by Crippen LogP contribution is -2.19. The monoisotopic (exact) mass is 293 g/mol. The van der Waals surface area contributed by atoms with Gasteiger partial charge in [0.2, 0.25) is 0 Å². The topological polar surface area (TPSA) is 58.7 Å². The first-order chi connectivity index (χ1) is 9.11. The molecule has 0 spiro atoms. The summed E-state index contributed by atoms with van der Waals surface area (Å²) >= 11 is 11.5. The molecule has 1 aromatic carbocycles. The predicted molar refractivity (Wildman–Crippen MR) is 73.8 cm³/mol. The van der Waals surface area contributed by atoms with E-state index >= 15 is 0 Å². The van der Waals surface area contributed by atoms with E-state index in [0.717, 1.165) is 5.56 Å². The molecular weight excluding hydrogens is 285 g/mol. The summed E-state index contributed by atoms with van der Waals surface area (Å²) in [7, 11) is 0. The van der Waals surface area contributed by atoms with Gasteiger partial charge < -0.3 is 0 Å². The fourth-order valence-corrected chi connectivity index (χ4v) is 2.06. The van der Waals surface area contributed by atoms with Crippen molar-refractivity contribution in [2.24, 2.45) is 0 Å². The number of halogens is 2. The predicted octanol–water partition coefficient (Wildman–Crippen LogP) is 3.00. The molecule has 0 N–H and O–H groups in total. The van der Waals surface area contributed by atoms with E-state index in [9.17, 15) is 4.79 Å². The highest BCUT2D eigenvalue weighted by molar-refractivity contribution is 6.32. The highest BCUT2D eigenvalue weighted by Crippen LogP contribution is 2.13. The second-order valence-corrected chi connectivity index (χ2v) is 4.60. The van der Waals surface area contributed by atoms with E-state index < -0.39 is 5.56 Å². The van der Waals surface area contributed by atoms with Gasteiger partial charge >= 0.3 is 0 Å². The standard InChI is InChI=1S/C13H9Cl2N3O/c14-11-8-18(13(19)12(15)17-11)10-5-3-9(4-6-10)2-1-7-16/h3-6,8H,1-2H2. The molecule has 0 bridgehead atoms. The Labute approximate surface area is 119 Å². The van der Waals surface area contributed by atoms with Gasteiger partial charge in [-0.15, -0.1) is 0 Å². The van der Waals surface area contributed by atoms with Crippen LogP contribution in [0, 0.1) is 11.3 Å². The van der Waals surface area contributed by atoms with Crippen LogP contribution in [-0.4, -0.2) is 9.55 Å². The number of nitrogens with zero attached hydrogens (tertiary/aromatic N) is 3. The summed E-state index contributed by atoms with van der Waals surface area (Å²) in [6, 6.07) is 9.37. The zero-order valence-corrected chi connectivity index (χ0v) is 11.3. The molecule has 1 heterocycles. The third kappa shape index (κ3) is 3.14. The Morgan fingerprint density at radius 1 is 1.26 bits per heavy atom. The Kier molecular flexibility index (Phi) is 4.20. The van der Waals surface area contributed by atoms with Gasteiger partial charge in [0.15, 0.2) is 5.15 Å². The van der Waals surface area contributed by atoms with Crippen LogP contribution in [0.4, 0.5) is 0 Å². The SMILES string of the molecule is N#CCCc1ccc(-n2cc(Cl)nc(Cl)c2=O)cc1. The lowest BCUT2D eigenvalue weighted by Gasteiger charge is -2.07. The summed E-state index contributed by atoms with van der Waals surface area (Å²) in [4.78, 5) is 15.5. The quantitative estimate of drug-likeness (QED) is 0.874. The molecule has 4 nitrogen and oxygen atoms in total. The van der Waals surface area contributed by atoms with Crippen LogP contribution < -0.4 is 5.56 Å². The maximum atomic E-state index is 11.8. The molecule has 0 aliphatic heterocycles. The molecule has 0 aliphatic rings. The van der Waals surface area contributed by atoms with Gasteiger partial charge in [-0.1, -0.05) is 35.3 Å². The van der Waals surface area contributed by atoms with Crippen LogP contribution in [0.25, 0.3) is 5.69 Å². The van der Waals surface area contributed by atoms with Gasteiger partial charge in [0, 0.05) is 12.1 Å². The van der Waals surface area contributed by atoms with Crippen molar-refractivity contribution in [3.05, 3.63) is 56.7 Å². The summed E-state index contributed by atoms with van der Waals surface area (Å²) in [6.45, 7) is 0. The molecule has 6 heteroatoms. The molecule has 2 rings (SSSR count). The number of aromatic nitrogens is 2. The van der Waals surface area contributed by atoms with E-state index in [0.29, 0.717) is 18.5 Å². The van der Waals surface area contributed by atoms with Crippen molar-refractivity contribution in [2.45, 2.75) is 12.8 Å². The van der Waals surface area contributed by atoms with Gasteiger partial charge in [-0.3, -0.25) is 9.36 Å². The first kappa shape index (κ1) is 13.6. The molecule has 0 saturated heterocycles. The Bertz CT molecular complexity index is 687. The van der Waals surface area contributed by atoms with E-state index in [4.69, 9.17) is 28.5 Å². The first-order valence-electron chi connectivity index (χ1n) is 5.53. The molecule has 2 aromatic rings. The van der Waals surface area contributed by atoms with Crippen molar-refractivity contribution in [1.82, 2.24) is 9.55 Å². The van der Waals surface area contributed by atoms with Crippen molar-refractivity contribution in [1.29, 1.82) is 5.26 Å². The molecule has 0 aliphatic carbocycles. The van der Waals surface area contributed by atoms with Crippen LogP contribution in [0.3, 0.4) is 0 Å². The fraction of sp³-hybridized carbons (Fsp3) is 0.154. The van der Waals surface area contributed by atoms with E-state index in [1.165, 1.54) is 10.8 Å². The Balaban J connectivity index is 2.38. The third-order valence-electron chi connectivity index (χ3n) is 2.58. The number of nitriles is 1. The summed E-state index contributed by atoms with van der Waals surface area (Å²) in [5.41, 5.74) is 1.26. The minimum Gasteiger partial charge on any atom is -0.279 e. The van der Waals surface area contributed by atoms with Gasteiger partial charge in [0.05, 0.1) is 12.3 Å². The average Bonchev–Trinajstić information content (AvgIpc) is 2.41. The minimum atomic E-state index is -0.421. The van der Waals surface area contributed by atoms with Gasteiger partial charge in [-0.05, 0) is 24.1 Å². The molecule has 0 unspecified atom stereocenters. The fourth-order valence-electron chi connectivity index (χ4n) is 1.65. The molecule has 19 heavy (non-hydrogen) atoms. The number of rotatable bonds is 3. The third-order valence-corrected chi connectivity index (χ3v) is 3.00. The lowest BCUT2D eigenvalue weighted by molar-refractivity contribution is 0.950. The van der Waals surface area contributed by atoms with Crippen LogP contribution in [0.1, 0.15) is 12.0 Å². The van der Waals surface area contributed by atoms with E-state index in [1.54, 1.807) is 12.1 Å². The van der Waals surface area contributed by atoms with Gasteiger partial charge in [-0.2, -0.15) is 5.26 Å². The normalized spacial score (nSPS) is 10.2. The smallest absolute Gasteiger partial charge is 0.279 e. The molecule has 1 aromatic heterocycles. The summed E-state index contributed by atoms with van der Waals surface area (Å²) < 4.78 is 1.34. The van der Waals surface area contributed by atoms with E-state index in [2.05, 4.69) is 11.1 Å². The van der Waals surface area contributed by atoms with Crippen molar-refractivity contribution in [3.63, 3.8) is 0 Å².